The number of nitrogens with zero attached hydrogens (tertiary/aromatic N) is 1. The number of hydrogen-bond acceptors (Lipinski definition) is 3. The number of likely N-dealkylation sites (tertiary alicyclic amines) is 1. The van der Waals surface area contributed by atoms with Crippen LogP contribution in [0, 0.1) is 6.92 Å². The van der Waals surface area contributed by atoms with Crippen molar-refractivity contribution in [3.8, 4) is 0 Å². The molecule has 1 atom stereocenters. The highest BCUT2D eigenvalue weighted by Crippen LogP contribution is 2.22. The molecule has 0 saturated carbocycles. The summed E-state index contributed by atoms with van der Waals surface area (Å²) in [6.07, 6.45) is 6.63. The molecule has 1 fully saturated rings. The minimum atomic E-state index is -0.178. The summed E-state index contributed by atoms with van der Waals surface area (Å²) in [6.45, 7) is 4.85. The van der Waals surface area contributed by atoms with Crippen molar-refractivity contribution >= 4 is 34.9 Å². The van der Waals surface area contributed by atoms with Gasteiger partial charge in [-0.05, 0) is 85.3 Å². The summed E-state index contributed by atoms with van der Waals surface area (Å²) in [5.41, 5.74) is 3.31. The van der Waals surface area contributed by atoms with Crippen molar-refractivity contribution in [2.75, 3.05) is 11.9 Å². The number of amides is 2. The fraction of sp³-hybridized carbons (Fsp3) is 0.333. The third-order valence-electron chi connectivity index (χ3n) is 4.77. The molecule has 3 rings (SSSR count). The van der Waals surface area contributed by atoms with Gasteiger partial charge in [0.2, 0.25) is 5.91 Å². The Morgan fingerprint density at radius 3 is 2.81 bits per heavy atom. The van der Waals surface area contributed by atoms with Gasteiger partial charge in [-0.2, -0.15) is 11.3 Å². The maximum Gasteiger partial charge on any atom is 0.254 e. The standard InChI is InChI=1S/C21H24N2O2S/c1-15-13-18(21(25)23-11-4-3-5-16(23)2)7-8-19(15)22-20(24)9-6-17-10-12-26-14-17/h6-10,12-14,16H,3-5,11H2,1-2H3,(H,22,24)/b9-6+. The van der Waals surface area contributed by atoms with Crippen molar-refractivity contribution in [2.24, 2.45) is 0 Å². The maximum absolute atomic E-state index is 12.8. The van der Waals surface area contributed by atoms with Crippen LogP contribution in [-0.4, -0.2) is 29.3 Å². The number of anilines is 1. The van der Waals surface area contributed by atoms with E-state index in [-0.39, 0.29) is 17.9 Å². The van der Waals surface area contributed by atoms with Crippen LogP contribution in [0.15, 0.2) is 41.1 Å². The van der Waals surface area contributed by atoms with Crippen LogP contribution in [0.1, 0.15) is 47.7 Å². The lowest BCUT2D eigenvalue weighted by molar-refractivity contribution is -0.111. The summed E-state index contributed by atoms with van der Waals surface area (Å²) in [5.74, 6) is -0.0986. The van der Waals surface area contributed by atoms with Crippen molar-refractivity contribution in [3.63, 3.8) is 0 Å². The summed E-state index contributed by atoms with van der Waals surface area (Å²) in [7, 11) is 0. The molecule has 0 radical (unpaired) electrons. The van der Waals surface area contributed by atoms with E-state index in [1.54, 1.807) is 23.5 Å². The van der Waals surface area contributed by atoms with E-state index in [9.17, 15) is 9.59 Å². The van der Waals surface area contributed by atoms with Gasteiger partial charge >= 0.3 is 0 Å². The molecular weight excluding hydrogens is 344 g/mol. The smallest absolute Gasteiger partial charge is 0.254 e. The second-order valence-electron chi connectivity index (χ2n) is 6.75. The first-order valence-corrected chi connectivity index (χ1v) is 9.92. The van der Waals surface area contributed by atoms with Gasteiger partial charge in [0, 0.05) is 29.9 Å². The van der Waals surface area contributed by atoms with E-state index in [2.05, 4.69) is 12.2 Å². The monoisotopic (exact) mass is 368 g/mol. The lowest BCUT2D eigenvalue weighted by Gasteiger charge is -2.33. The highest BCUT2D eigenvalue weighted by atomic mass is 32.1. The number of hydrogen-bond donors (Lipinski definition) is 1. The number of thiophene rings is 1. The fourth-order valence-corrected chi connectivity index (χ4v) is 3.85. The van der Waals surface area contributed by atoms with Crippen molar-refractivity contribution in [3.05, 3.63) is 57.8 Å². The van der Waals surface area contributed by atoms with Gasteiger partial charge in [-0.3, -0.25) is 9.59 Å². The lowest BCUT2D eigenvalue weighted by Crippen LogP contribution is -2.42. The highest BCUT2D eigenvalue weighted by molar-refractivity contribution is 7.08. The van der Waals surface area contributed by atoms with Crippen molar-refractivity contribution in [1.82, 2.24) is 4.90 Å². The minimum absolute atomic E-state index is 0.0792. The molecule has 1 N–H and O–H groups in total. The number of aryl methyl sites for hydroxylation is 1. The summed E-state index contributed by atoms with van der Waals surface area (Å²) in [6, 6.07) is 7.73. The third-order valence-corrected chi connectivity index (χ3v) is 5.47. The molecule has 1 unspecified atom stereocenters. The van der Waals surface area contributed by atoms with Gasteiger partial charge in [0.1, 0.15) is 0 Å². The first kappa shape index (κ1) is 18.4. The average Bonchev–Trinajstić information content (AvgIpc) is 3.15. The summed E-state index contributed by atoms with van der Waals surface area (Å²) in [5, 5.41) is 6.84. The SMILES string of the molecule is Cc1cc(C(=O)N2CCCCC2C)ccc1NC(=O)/C=C/c1ccsc1. The second kappa shape index (κ2) is 8.32. The fourth-order valence-electron chi connectivity index (χ4n) is 3.22. The second-order valence-corrected chi connectivity index (χ2v) is 7.53. The first-order valence-electron chi connectivity index (χ1n) is 8.97. The number of nitrogens with one attached hydrogen (secondary N) is 1. The molecule has 2 heterocycles. The van der Waals surface area contributed by atoms with Gasteiger partial charge in [-0.1, -0.05) is 0 Å². The van der Waals surface area contributed by atoms with Gasteiger partial charge in [-0.15, -0.1) is 0 Å². The van der Waals surface area contributed by atoms with Gasteiger partial charge < -0.3 is 10.2 Å². The molecule has 1 aromatic heterocycles. The third kappa shape index (κ3) is 4.41. The molecule has 2 aromatic rings. The Morgan fingerprint density at radius 1 is 1.27 bits per heavy atom. The van der Waals surface area contributed by atoms with E-state index >= 15 is 0 Å². The van der Waals surface area contributed by atoms with Gasteiger partial charge in [0.25, 0.3) is 5.91 Å². The lowest BCUT2D eigenvalue weighted by atomic mass is 10.0. The highest BCUT2D eigenvalue weighted by Gasteiger charge is 2.24. The van der Waals surface area contributed by atoms with Gasteiger partial charge in [0.15, 0.2) is 0 Å². The van der Waals surface area contributed by atoms with Crippen molar-refractivity contribution in [2.45, 2.75) is 39.2 Å². The Hall–Kier alpha value is -2.40. The molecule has 0 spiro atoms. The zero-order valence-electron chi connectivity index (χ0n) is 15.2. The van der Waals surface area contributed by atoms with Crippen LogP contribution in [0.5, 0.6) is 0 Å². The molecule has 0 aliphatic carbocycles. The van der Waals surface area contributed by atoms with E-state index in [0.29, 0.717) is 5.56 Å². The normalized spacial score (nSPS) is 17.5. The molecule has 0 bridgehead atoms. The number of benzene rings is 1. The van der Waals surface area contributed by atoms with E-state index in [1.165, 1.54) is 12.5 Å². The average molecular weight is 369 g/mol. The van der Waals surface area contributed by atoms with E-state index < -0.39 is 0 Å². The van der Waals surface area contributed by atoms with Crippen LogP contribution >= 0.6 is 11.3 Å². The first-order chi connectivity index (χ1) is 12.5. The molecule has 1 saturated heterocycles. The van der Waals surface area contributed by atoms with E-state index in [0.717, 1.165) is 36.2 Å². The molecule has 4 nitrogen and oxygen atoms in total. The predicted octanol–water partition coefficient (Wildman–Crippen LogP) is 4.72. The Balaban J connectivity index is 1.67. The zero-order chi connectivity index (χ0) is 18.5. The Bertz CT molecular complexity index is 811. The van der Waals surface area contributed by atoms with Crippen LogP contribution < -0.4 is 5.32 Å². The van der Waals surface area contributed by atoms with Crippen molar-refractivity contribution < 1.29 is 9.59 Å². The Kier molecular flexibility index (Phi) is 5.89. The molecular formula is C21H24N2O2S. The van der Waals surface area contributed by atoms with Gasteiger partial charge in [-0.25, -0.2) is 0 Å². The van der Waals surface area contributed by atoms with E-state index in [1.807, 2.05) is 40.8 Å². The molecule has 1 aromatic carbocycles. The van der Waals surface area contributed by atoms with Crippen LogP contribution in [-0.2, 0) is 4.79 Å². The van der Waals surface area contributed by atoms with Crippen LogP contribution in [0.2, 0.25) is 0 Å². The Morgan fingerprint density at radius 2 is 2.12 bits per heavy atom. The van der Waals surface area contributed by atoms with E-state index in [4.69, 9.17) is 0 Å². The number of carbonyl (C=O) groups excluding carboxylic acids is 2. The quantitative estimate of drug-likeness (QED) is 0.794. The zero-order valence-corrected chi connectivity index (χ0v) is 16.0. The van der Waals surface area contributed by atoms with Crippen LogP contribution in [0.25, 0.3) is 6.08 Å². The predicted molar refractivity (Wildman–Crippen MR) is 108 cm³/mol. The molecule has 1 aliphatic heterocycles. The topological polar surface area (TPSA) is 49.4 Å². The summed E-state index contributed by atoms with van der Waals surface area (Å²) in [4.78, 5) is 26.8. The summed E-state index contributed by atoms with van der Waals surface area (Å²) >= 11 is 1.59. The molecule has 1 aliphatic rings. The molecule has 136 valence electrons. The minimum Gasteiger partial charge on any atom is -0.336 e. The molecule has 2 amide bonds. The number of piperidine rings is 1. The Labute approximate surface area is 158 Å². The maximum atomic E-state index is 12.8. The molecule has 26 heavy (non-hydrogen) atoms. The largest absolute Gasteiger partial charge is 0.336 e. The molecule has 5 heteroatoms. The number of rotatable bonds is 4. The van der Waals surface area contributed by atoms with Gasteiger partial charge in [0.05, 0.1) is 0 Å². The summed E-state index contributed by atoms with van der Waals surface area (Å²) < 4.78 is 0. The number of carbonyl (C=O) groups is 2. The van der Waals surface area contributed by atoms with Crippen LogP contribution in [0.4, 0.5) is 5.69 Å². The van der Waals surface area contributed by atoms with Crippen molar-refractivity contribution in [1.29, 1.82) is 0 Å². The van der Waals surface area contributed by atoms with Crippen LogP contribution in [0.3, 0.4) is 0 Å².